The van der Waals surface area contributed by atoms with Crippen LogP contribution in [0.2, 0.25) is 5.02 Å². The van der Waals surface area contributed by atoms with Crippen LogP contribution in [0.25, 0.3) is 0 Å². The van der Waals surface area contributed by atoms with Gasteiger partial charge in [-0.2, -0.15) is 8.78 Å². The molecule has 0 unspecified atom stereocenters. The number of nitrogens with zero attached hydrogens (tertiary/aromatic N) is 2. The number of benzene rings is 2. The van der Waals surface area contributed by atoms with E-state index in [1.165, 1.54) is 29.8 Å². The van der Waals surface area contributed by atoms with E-state index in [9.17, 15) is 13.6 Å². The fourth-order valence-corrected chi connectivity index (χ4v) is 3.14. The van der Waals surface area contributed by atoms with Crippen molar-refractivity contribution < 1.29 is 18.3 Å². The second kappa shape index (κ2) is 9.66. The Morgan fingerprint density at radius 1 is 1.11 bits per heavy atom. The zero-order chi connectivity index (χ0) is 19.9. The van der Waals surface area contributed by atoms with Crippen LogP contribution >= 0.6 is 11.6 Å². The minimum atomic E-state index is -2.91. The highest BCUT2D eigenvalue weighted by atomic mass is 35.5. The van der Waals surface area contributed by atoms with Gasteiger partial charge in [-0.3, -0.25) is 9.69 Å². The van der Waals surface area contributed by atoms with E-state index in [0.29, 0.717) is 5.56 Å². The van der Waals surface area contributed by atoms with E-state index in [0.717, 1.165) is 37.7 Å². The van der Waals surface area contributed by atoms with E-state index in [2.05, 4.69) is 14.5 Å². The van der Waals surface area contributed by atoms with Crippen molar-refractivity contribution >= 4 is 17.4 Å². The smallest absolute Gasteiger partial charge is 0.387 e. The summed E-state index contributed by atoms with van der Waals surface area (Å²) in [6.07, 6.45) is 3.24. The second-order valence-corrected chi connectivity index (χ2v) is 6.96. The molecule has 28 heavy (non-hydrogen) atoms. The number of carbonyl (C=O) groups excluding carboxylic acids is 1. The average molecular weight is 407 g/mol. The van der Waals surface area contributed by atoms with Gasteiger partial charge in [-0.1, -0.05) is 35.9 Å². The van der Waals surface area contributed by atoms with Gasteiger partial charge in [0.1, 0.15) is 5.75 Å². The van der Waals surface area contributed by atoms with E-state index in [1.54, 1.807) is 12.3 Å². The number of rotatable bonds is 7. The molecule has 1 heterocycles. The van der Waals surface area contributed by atoms with Crippen LogP contribution in [-0.4, -0.2) is 48.4 Å². The maximum Gasteiger partial charge on any atom is 0.387 e. The molecule has 0 atom stereocenters. The van der Waals surface area contributed by atoms with Crippen molar-refractivity contribution in [3.63, 3.8) is 0 Å². The van der Waals surface area contributed by atoms with Gasteiger partial charge in [-0.15, -0.1) is 0 Å². The molecular weight excluding hydrogens is 386 g/mol. The Morgan fingerprint density at radius 2 is 1.82 bits per heavy atom. The summed E-state index contributed by atoms with van der Waals surface area (Å²) < 4.78 is 28.9. The molecule has 1 fully saturated rings. The lowest BCUT2D eigenvalue weighted by Gasteiger charge is -2.34. The summed E-state index contributed by atoms with van der Waals surface area (Å²) in [5.41, 5.74) is 1.53. The van der Waals surface area contributed by atoms with Gasteiger partial charge in [0.05, 0.1) is 0 Å². The lowest BCUT2D eigenvalue weighted by molar-refractivity contribution is -0.0498. The van der Waals surface area contributed by atoms with Crippen molar-refractivity contribution in [2.45, 2.75) is 13.2 Å². The van der Waals surface area contributed by atoms with E-state index in [-0.39, 0.29) is 11.5 Å². The number of hydrogen-bond donors (Lipinski definition) is 0. The number of alkyl halides is 2. The summed E-state index contributed by atoms with van der Waals surface area (Å²) in [6.45, 7) is 1.35. The monoisotopic (exact) mass is 406 g/mol. The first-order valence-electron chi connectivity index (χ1n) is 8.98. The van der Waals surface area contributed by atoms with Crippen LogP contribution in [0.4, 0.5) is 8.78 Å². The predicted octanol–water partition coefficient (Wildman–Crippen LogP) is 4.46. The molecule has 4 nitrogen and oxygen atoms in total. The van der Waals surface area contributed by atoms with Gasteiger partial charge in [-0.05, 0) is 29.8 Å². The quantitative estimate of drug-likeness (QED) is 0.502. The van der Waals surface area contributed by atoms with E-state index in [4.69, 9.17) is 11.6 Å². The third kappa shape index (κ3) is 6.04. The Kier molecular flexibility index (Phi) is 7.01. The number of halogens is 3. The normalized spacial score (nSPS) is 15.4. The Balaban J connectivity index is 1.49. The van der Waals surface area contributed by atoms with Gasteiger partial charge < -0.3 is 9.64 Å². The zero-order valence-corrected chi connectivity index (χ0v) is 16.0. The summed E-state index contributed by atoms with van der Waals surface area (Å²) in [5.74, 6) is -0.270. The number of ether oxygens (including phenoxy) is 1. The molecule has 3 rings (SSSR count). The second-order valence-electron chi connectivity index (χ2n) is 6.52. The van der Waals surface area contributed by atoms with Crippen molar-refractivity contribution in [3.8, 4) is 5.75 Å². The fraction of sp³-hybridized carbons (Fsp3) is 0.286. The maximum absolute atomic E-state index is 12.3. The molecule has 0 saturated carbocycles. The van der Waals surface area contributed by atoms with Gasteiger partial charge in [0, 0.05) is 55.6 Å². The summed E-state index contributed by atoms with van der Waals surface area (Å²) in [7, 11) is 0. The molecule has 0 amide bonds. The summed E-state index contributed by atoms with van der Waals surface area (Å²) in [4.78, 5) is 16.7. The van der Waals surface area contributed by atoms with Crippen molar-refractivity contribution in [2.24, 2.45) is 0 Å². The lowest BCUT2D eigenvalue weighted by Crippen LogP contribution is -2.43. The number of ketones is 1. The van der Waals surface area contributed by atoms with Crippen molar-refractivity contribution in [2.75, 3.05) is 26.2 Å². The highest BCUT2D eigenvalue weighted by molar-refractivity contribution is 6.30. The SMILES string of the molecule is O=C(C=CN1CCN(Cc2ccc(Cl)cc2)CC1)c1cccc(OC(F)F)c1. The molecule has 0 aromatic heterocycles. The van der Waals surface area contributed by atoms with Crippen molar-refractivity contribution in [3.05, 3.63) is 77.0 Å². The third-order valence-corrected chi connectivity index (χ3v) is 4.76. The Bertz CT molecular complexity index is 819. The number of carbonyl (C=O) groups is 1. The highest BCUT2D eigenvalue weighted by Gasteiger charge is 2.15. The average Bonchev–Trinajstić information content (AvgIpc) is 2.69. The Morgan fingerprint density at radius 3 is 2.50 bits per heavy atom. The summed E-state index contributed by atoms with van der Waals surface area (Å²) in [5, 5.41) is 0.731. The van der Waals surface area contributed by atoms with Crippen LogP contribution in [-0.2, 0) is 6.54 Å². The minimum absolute atomic E-state index is 0.0231. The Hall–Kier alpha value is -2.44. The molecule has 2 aromatic carbocycles. The molecule has 1 aliphatic rings. The molecule has 7 heteroatoms. The number of hydrogen-bond acceptors (Lipinski definition) is 4. The minimum Gasteiger partial charge on any atom is -0.435 e. The Labute approximate surface area is 168 Å². The summed E-state index contributed by atoms with van der Waals surface area (Å²) in [6, 6.07) is 13.7. The van der Waals surface area contributed by atoms with Crippen LogP contribution in [0.15, 0.2) is 60.8 Å². The standard InChI is InChI=1S/C21H21ClF2N2O2/c22-18-6-4-16(5-7-18)15-26-12-10-25(11-13-26)9-8-20(27)17-2-1-3-19(14-17)28-21(23)24/h1-9,14,21H,10-13,15H2. The van der Waals surface area contributed by atoms with Crippen LogP contribution in [0.1, 0.15) is 15.9 Å². The first-order valence-corrected chi connectivity index (χ1v) is 9.35. The first kappa shape index (κ1) is 20.3. The van der Waals surface area contributed by atoms with Crippen molar-refractivity contribution in [1.29, 1.82) is 0 Å². The van der Waals surface area contributed by atoms with Crippen LogP contribution in [0.3, 0.4) is 0 Å². The highest BCUT2D eigenvalue weighted by Crippen LogP contribution is 2.17. The van der Waals surface area contributed by atoms with Gasteiger partial charge in [0.2, 0.25) is 0 Å². The van der Waals surface area contributed by atoms with Crippen LogP contribution in [0, 0.1) is 0 Å². The molecule has 0 bridgehead atoms. The molecule has 0 N–H and O–H groups in total. The molecule has 1 saturated heterocycles. The van der Waals surface area contributed by atoms with Crippen LogP contribution in [0.5, 0.6) is 5.75 Å². The number of piperazine rings is 1. The largest absolute Gasteiger partial charge is 0.435 e. The van der Waals surface area contributed by atoms with E-state index < -0.39 is 6.61 Å². The maximum atomic E-state index is 12.3. The fourth-order valence-electron chi connectivity index (χ4n) is 3.01. The third-order valence-electron chi connectivity index (χ3n) is 4.51. The molecule has 0 radical (unpaired) electrons. The molecular formula is C21H21ClF2N2O2. The van der Waals surface area contributed by atoms with E-state index in [1.807, 2.05) is 24.3 Å². The topological polar surface area (TPSA) is 32.8 Å². The van der Waals surface area contributed by atoms with Gasteiger partial charge in [0.15, 0.2) is 5.78 Å². The number of allylic oxidation sites excluding steroid dienone is 1. The van der Waals surface area contributed by atoms with Crippen LogP contribution < -0.4 is 4.74 Å². The van der Waals surface area contributed by atoms with E-state index >= 15 is 0 Å². The lowest BCUT2D eigenvalue weighted by atomic mass is 10.1. The van der Waals surface area contributed by atoms with Crippen molar-refractivity contribution in [1.82, 2.24) is 9.80 Å². The van der Waals surface area contributed by atoms with Gasteiger partial charge >= 0.3 is 6.61 Å². The molecule has 2 aromatic rings. The molecule has 1 aliphatic heterocycles. The van der Waals surface area contributed by atoms with Gasteiger partial charge in [0.25, 0.3) is 0 Å². The molecule has 0 spiro atoms. The zero-order valence-electron chi connectivity index (χ0n) is 15.2. The summed E-state index contributed by atoms with van der Waals surface area (Å²) >= 11 is 5.91. The molecule has 0 aliphatic carbocycles. The first-order chi connectivity index (χ1) is 13.5. The predicted molar refractivity (Wildman–Crippen MR) is 105 cm³/mol. The molecule has 148 valence electrons. The van der Waals surface area contributed by atoms with Gasteiger partial charge in [-0.25, -0.2) is 0 Å².